The second kappa shape index (κ2) is 5.81. The van der Waals surface area contributed by atoms with E-state index in [-0.39, 0.29) is 0 Å². The van der Waals surface area contributed by atoms with Crippen molar-refractivity contribution in [1.29, 1.82) is 0 Å². The van der Waals surface area contributed by atoms with Crippen LogP contribution in [-0.2, 0) is 13.0 Å². The van der Waals surface area contributed by atoms with Crippen LogP contribution in [0.4, 0.5) is 5.69 Å². The van der Waals surface area contributed by atoms with Gasteiger partial charge in [-0.1, -0.05) is 22.9 Å². The fourth-order valence-electron chi connectivity index (χ4n) is 2.58. The average Bonchev–Trinajstić information content (AvgIpc) is 2.97. The van der Waals surface area contributed by atoms with Crippen molar-refractivity contribution >= 4 is 37.9 Å². The lowest BCUT2D eigenvalue weighted by Crippen LogP contribution is -2.06. The molecule has 0 saturated carbocycles. The third-order valence-corrected chi connectivity index (χ3v) is 5.16. The molecule has 1 N–H and O–H groups in total. The number of rotatable bonds is 4. The molecule has 0 aliphatic carbocycles. The smallest absolute Gasteiger partial charge is 0.194 e. The lowest BCUT2D eigenvalue weighted by molar-refractivity contribution is 0.961. The van der Waals surface area contributed by atoms with Crippen molar-refractivity contribution in [3.05, 3.63) is 50.7 Å². The summed E-state index contributed by atoms with van der Waals surface area (Å²) in [4.78, 5) is 5.71. The topological polar surface area (TPSA) is 29.3 Å². The van der Waals surface area contributed by atoms with Gasteiger partial charge in [-0.15, -0.1) is 11.3 Å². The molecule has 0 amide bonds. The number of thiazole rings is 1. The monoisotopic (exact) mass is 363 g/mol. The molecule has 21 heavy (non-hydrogen) atoms. The quantitative estimate of drug-likeness (QED) is 0.710. The van der Waals surface area contributed by atoms with Crippen LogP contribution in [0.25, 0.3) is 4.96 Å². The SMILES string of the molecule is CCc1cc(Br)ccc1NCc1c(C)nc2scc(C)n12. The van der Waals surface area contributed by atoms with Crippen LogP contribution < -0.4 is 5.32 Å². The van der Waals surface area contributed by atoms with Gasteiger partial charge in [0.25, 0.3) is 0 Å². The summed E-state index contributed by atoms with van der Waals surface area (Å²) in [7, 11) is 0. The van der Waals surface area contributed by atoms with Crippen LogP contribution in [0.3, 0.4) is 0 Å². The van der Waals surface area contributed by atoms with E-state index < -0.39 is 0 Å². The Balaban J connectivity index is 1.90. The second-order valence-electron chi connectivity index (χ2n) is 5.15. The van der Waals surface area contributed by atoms with E-state index in [0.717, 1.165) is 28.1 Å². The van der Waals surface area contributed by atoms with E-state index in [1.807, 2.05) is 0 Å². The Morgan fingerprint density at radius 3 is 2.90 bits per heavy atom. The zero-order chi connectivity index (χ0) is 15.0. The molecule has 2 heterocycles. The zero-order valence-electron chi connectivity index (χ0n) is 12.4. The minimum atomic E-state index is 0.791. The maximum atomic E-state index is 4.64. The maximum absolute atomic E-state index is 4.64. The molecule has 2 aromatic heterocycles. The third kappa shape index (κ3) is 2.72. The molecule has 0 atom stereocenters. The number of aromatic nitrogens is 2. The number of aryl methyl sites for hydroxylation is 3. The molecule has 3 nitrogen and oxygen atoms in total. The summed E-state index contributed by atoms with van der Waals surface area (Å²) >= 11 is 5.23. The van der Waals surface area contributed by atoms with E-state index in [1.54, 1.807) is 11.3 Å². The lowest BCUT2D eigenvalue weighted by Gasteiger charge is -2.12. The van der Waals surface area contributed by atoms with Crippen LogP contribution in [0, 0.1) is 13.8 Å². The summed E-state index contributed by atoms with van der Waals surface area (Å²) in [6, 6.07) is 6.39. The molecule has 0 bridgehead atoms. The largest absolute Gasteiger partial charge is 0.379 e. The average molecular weight is 364 g/mol. The van der Waals surface area contributed by atoms with Gasteiger partial charge in [-0.25, -0.2) is 4.98 Å². The van der Waals surface area contributed by atoms with E-state index in [1.165, 1.54) is 22.6 Å². The molecule has 0 saturated heterocycles. The van der Waals surface area contributed by atoms with E-state index in [4.69, 9.17) is 0 Å². The maximum Gasteiger partial charge on any atom is 0.194 e. The van der Waals surface area contributed by atoms with Gasteiger partial charge in [0, 0.05) is 21.2 Å². The van der Waals surface area contributed by atoms with E-state index in [0.29, 0.717) is 0 Å². The molecule has 1 aromatic carbocycles. The summed E-state index contributed by atoms with van der Waals surface area (Å²) in [6.45, 7) is 7.18. The number of hydrogen-bond donors (Lipinski definition) is 1. The lowest BCUT2D eigenvalue weighted by atomic mass is 10.1. The van der Waals surface area contributed by atoms with E-state index >= 15 is 0 Å². The van der Waals surface area contributed by atoms with Gasteiger partial charge in [-0.2, -0.15) is 0 Å². The van der Waals surface area contributed by atoms with Gasteiger partial charge in [0.1, 0.15) is 0 Å². The molecule has 5 heteroatoms. The van der Waals surface area contributed by atoms with Crippen LogP contribution >= 0.6 is 27.3 Å². The number of nitrogens with one attached hydrogen (secondary N) is 1. The zero-order valence-corrected chi connectivity index (χ0v) is 14.8. The van der Waals surface area contributed by atoms with Gasteiger partial charge in [-0.05, 0) is 44.0 Å². The Morgan fingerprint density at radius 1 is 1.33 bits per heavy atom. The van der Waals surface area contributed by atoms with Crippen LogP contribution in [0.5, 0.6) is 0 Å². The van der Waals surface area contributed by atoms with Gasteiger partial charge >= 0.3 is 0 Å². The Labute approximate surface area is 137 Å². The highest BCUT2D eigenvalue weighted by Crippen LogP contribution is 2.24. The summed E-state index contributed by atoms with van der Waals surface area (Å²) in [5.41, 5.74) is 6.12. The fourth-order valence-corrected chi connectivity index (χ4v) is 3.92. The Kier molecular flexibility index (Phi) is 4.04. The molecule has 3 rings (SSSR count). The highest BCUT2D eigenvalue weighted by Gasteiger charge is 2.12. The predicted octanol–water partition coefficient (Wildman–Crippen LogP) is 4.95. The van der Waals surface area contributed by atoms with Crippen LogP contribution in [0.15, 0.2) is 28.1 Å². The Hall–Kier alpha value is -1.33. The second-order valence-corrected chi connectivity index (χ2v) is 6.90. The van der Waals surface area contributed by atoms with E-state index in [9.17, 15) is 0 Å². The molecule has 110 valence electrons. The molecular formula is C16H18BrN3S. The molecule has 0 radical (unpaired) electrons. The summed E-state index contributed by atoms with van der Waals surface area (Å²) in [6.07, 6.45) is 1.01. The molecule has 0 fully saturated rings. The normalized spacial score (nSPS) is 11.2. The van der Waals surface area contributed by atoms with Crippen molar-refractivity contribution in [2.75, 3.05) is 5.32 Å². The van der Waals surface area contributed by atoms with Gasteiger partial charge in [0.15, 0.2) is 4.96 Å². The van der Waals surface area contributed by atoms with Crippen molar-refractivity contribution in [2.45, 2.75) is 33.7 Å². The van der Waals surface area contributed by atoms with Gasteiger partial charge < -0.3 is 5.32 Å². The van der Waals surface area contributed by atoms with E-state index in [2.05, 4.69) is 75.0 Å². The third-order valence-electron chi connectivity index (χ3n) is 3.72. The number of halogens is 1. The molecule has 0 aliphatic rings. The molecule has 3 aromatic rings. The molecule has 0 spiro atoms. The van der Waals surface area contributed by atoms with Gasteiger partial charge in [0.2, 0.25) is 0 Å². The van der Waals surface area contributed by atoms with Crippen molar-refractivity contribution in [2.24, 2.45) is 0 Å². The predicted molar refractivity (Wildman–Crippen MR) is 93.4 cm³/mol. The van der Waals surface area contributed by atoms with Gasteiger partial charge in [0.05, 0.1) is 17.9 Å². The van der Waals surface area contributed by atoms with Gasteiger partial charge in [-0.3, -0.25) is 4.40 Å². The summed E-state index contributed by atoms with van der Waals surface area (Å²) < 4.78 is 3.37. The number of hydrogen-bond acceptors (Lipinski definition) is 3. The number of imidazole rings is 1. The minimum Gasteiger partial charge on any atom is -0.379 e. The Morgan fingerprint density at radius 2 is 2.14 bits per heavy atom. The summed E-state index contributed by atoms with van der Waals surface area (Å²) in [5.74, 6) is 0. The number of nitrogens with zero attached hydrogens (tertiary/aromatic N) is 2. The first-order chi connectivity index (χ1) is 10.1. The van der Waals surface area contributed by atoms with Crippen molar-refractivity contribution in [3.63, 3.8) is 0 Å². The van der Waals surface area contributed by atoms with Crippen molar-refractivity contribution < 1.29 is 0 Å². The Bertz CT molecular complexity index is 788. The highest BCUT2D eigenvalue weighted by molar-refractivity contribution is 9.10. The van der Waals surface area contributed by atoms with Crippen molar-refractivity contribution in [1.82, 2.24) is 9.38 Å². The highest BCUT2D eigenvalue weighted by atomic mass is 79.9. The van der Waals surface area contributed by atoms with Crippen LogP contribution in [0.2, 0.25) is 0 Å². The number of fused-ring (bicyclic) bond motifs is 1. The number of benzene rings is 1. The fraction of sp³-hybridized carbons (Fsp3) is 0.312. The van der Waals surface area contributed by atoms with Crippen molar-refractivity contribution in [3.8, 4) is 0 Å². The minimum absolute atomic E-state index is 0.791. The molecule has 0 unspecified atom stereocenters. The first-order valence-corrected chi connectivity index (χ1v) is 8.71. The standard InChI is InChI=1S/C16H18BrN3S/c1-4-12-7-13(17)5-6-14(12)18-8-15-11(3)19-16-20(15)10(2)9-21-16/h5-7,9,18H,4,8H2,1-3H3. The van der Waals surface area contributed by atoms with Crippen LogP contribution in [0.1, 0.15) is 29.6 Å². The number of anilines is 1. The molecule has 0 aliphatic heterocycles. The molecular weight excluding hydrogens is 346 g/mol. The first-order valence-electron chi connectivity index (χ1n) is 7.04. The van der Waals surface area contributed by atoms with Crippen LogP contribution in [-0.4, -0.2) is 9.38 Å². The first kappa shape index (κ1) is 14.6. The summed E-state index contributed by atoms with van der Waals surface area (Å²) in [5, 5.41) is 5.72.